The molecule has 0 rings (SSSR count). The topological polar surface area (TPSA) is 147 Å². The van der Waals surface area contributed by atoms with Gasteiger partial charge in [-0.1, -0.05) is 39.0 Å². The van der Waals surface area contributed by atoms with Gasteiger partial charge in [0.1, 0.15) is 0 Å². The molecule has 0 amide bonds. The van der Waals surface area contributed by atoms with E-state index in [9.17, 15) is 14.2 Å². The minimum atomic E-state index is -5.39. The van der Waals surface area contributed by atoms with Crippen molar-refractivity contribution in [3.05, 3.63) is 0 Å². The highest BCUT2D eigenvalue weighted by Crippen LogP contribution is 2.65. The van der Waals surface area contributed by atoms with Crippen LogP contribution in [0.5, 0.6) is 0 Å². The first-order valence-corrected chi connectivity index (χ1v) is 9.37. The lowest BCUT2D eigenvalue weighted by atomic mass is 10.1. The number of rotatable bonds is 10. The monoisotopic (exact) mass is 319 g/mol. The molecule has 0 bridgehead atoms. The summed E-state index contributed by atoms with van der Waals surface area (Å²) in [6.45, 7) is 1.99. The number of hydrogen-bond acceptors (Lipinski definition) is 4. The van der Waals surface area contributed by atoms with Gasteiger partial charge in [0, 0.05) is 0 Å². The molecule has 0 saturated heterocycles. The molecule has 0 aromatic carbocycles. The lowest BCUT2D eigenvalue weighted by molar-refractivity contribution is 0.101. The van der Waals surface area contributed by atoms with Gasteiger partial charge in [-0.3, -0.25) is 14.4 Å². The molecule has 0 aliphatic heterocycles. The lowest BCUT2D eigenvalue weighted by Crippen LogP contribution is -2.44. The molecule has 10 heteroatoms. The minimum Gasteiger partial charge on any atom is -0.356 e. The number of aliphatic hydroxyl groups is 1. The Kier molecular flexibility index (Phi) is 7.95. The fourth-order valence-corrected chi connectivity index (χ4v) is 3.53. The number of hydrogen-bond donors (Lipinski definition) is 6. The maximum atomic E-state index is 11.0. The van der Waals surface area contributed by atoms with Crippen molar-refractivity contribution in [2.24, 2.45) is 0 Å². The van der Waals surface area contributed by atoms with Crippen LogP contribution >= 0.6 is 15.2 Å². The fraction of sp³-hybridized carbons (Fsp3) is 1.00. The Labute approximate surface area is 112 Å². The van der Waals surface area contributed by atoms with Crippen LogP contribution in [0.2, 0.25) is 0 Å². The van der Waals surface area contributed by atoms with Crippen molar-refractivity contribution in [2.45, 2.75) is 50.7 Å². The third kappa shape index (κ3) is 6.02. The van der Waals surface area contributed by atoms with Gasteiger partial charge in [-0.2, -0.15) is 0 Å². The fourth-order valence-electron chi connectivity index (χ4n) is 1.54. The molecule has 0 aliphatic rings. The van der Waals surface area contributed by atoms with Gasteiger partial charge in [-0.25, -0.2) is 0 Å². The summed E-state index contributed by atoms with van der Waals surface area (Å²) in [5.41, 5.74) is 0. The van der Waals surface area contributed by atoms with E-state index in [1.807, 2.05) is 5.32 Å². The highest BCUT2D eigenvalue weighted by atomic mass is 31.2. The van der Waals surface area contributed by atoms with Gasteiger partial charge < -0.3 is 24.7 Å². The predicted molar refractivity (Wildman–Crippen MR) is 70.4 cm³/mol. The molecule has 0 heterocycles. The summed E-state index contributed by atoms with van der Waals surface area (Å²) in [5, 5.41) is 7.89. The number of unbranched alkanes of at least 4 members (excludes halogenated alkanes) is 5. The molecular weight excluding hydrogens is 296 g/mol. The highest BCUT2D eigenvalue weighted by molar-refractivity contribution is 7.71. The average molecular weight is 319 g/mol. The third-order valence-corrected chi connectivity index (χ3v) is 6.21. The van der Waals surface area contributed by atoms with E-state index in [1.165, 1.54) is 0 Å². The van der Waals surface area contributed by atoms with Crippen LogP contribution in [0.25, 0.3) is 0 Å². The summed E-state index contributed by atoms with van der Waals surface area (Å²) in [7, 11) is -10.8. The maximum Gasteiger partial charge on any atom is 0.384 e. The molecule has 0 unspecified atom stereocenters. The zero-order chi connectivity index (χ0) is 15.2. The second kappa shape index (κ2) is 7.86. The van der Waals surface area contributed by atoms with Crippen molar-refractivity contribution < 1.29 is 33.8 Å². The quantitative estimate of drug-likeness (QED) is 0.198. The molecular formula is C9H23NO7P2. The Morgan fingerprint density at radius 1 is 0.895 bits per heavy atom. The number of nitrogens with one attached hydrogen (secondary N) is 1. The van der Waals surface area contributed by atoms with Crippen LogP contribution in [0, 0.1) is 0 Å². The van der Waals surface area contributed by atoms with E-state index in [2.05, 4.69) is 6.92 Å². The van der Waals surface area contributed by atoms with Gasteiger partial charge in [0.2, 0.25) is 0 Å². The van der Waals surface area contributed by atoms with Crippen molar-refractivity contribution >= 4 is 15.2 Å². The van der Waals surface area contributed by atoms with Gasteiger partial charge in [0.15, 0.2) is 0 Å². The molecule has 0 aromatic rings. The van der Waals surface area contributed by atoms with Crippen LogP contribution in [0.4, 0.5) is 0 Å². The first-order valence-electron chi connectivity index (χ1n) is 6.15. The summed E-state index contributed by atoms with van der Waals surface area (Å²) >= 11 is 0. The zero-order valence-corrected chi connectivity index (χ0v) is 12.7. The van der Waals surface area contributed by atoms with Gasteiger partial charge in [0.25, 0.3) is 0 Å². The lowest BCUT2D eigenvalue weighted by Gasteiger charge is -2.29. The summed E-state index contributed by atoms with van der Waals surface area (Å²) in [4.78, 5) is 35.4. The molecule has 6 N–H and O–H groups in total. The van der Waals surface area contributed by atoms with E-state index in [4.69, 9.17) is 19.6 Å². The second-order valence-electron chi connectivity index (χ2n) is 4.42. The van der Waals surface area contributed by atoms with Crippen LogP contribution in [0.1, 0.15) is 45.4 Å². The highest BCUT2D eigenvalue weighted by Gasteiger charge is 2.59. The predicted octanol–water partition coefficient (Wildman–Crippen LogP) is 0.895. The standard InChI is InChI=1S/C9H23NO7P2/c1-2-3-4-5-6-7-8-10-9(11,18(12,13)14)19(15,16)17/h10-11H,2-8H2,1H3,(H2,12,13,14)(H2,15,16,17). The van der Waals surface area contributed by atoms with Gasteiger partial charge in [-0.05, 0) is 13.0 Å². The summed E-state index contributed by atoms with van der Waals surface area (Å²) in [6.07, 6.45) is 5.38. The van der Waals surface area contributed by atoms with E-state index in [1.54, 1.807) is 0 Å². The summed E-state index contributed by atoms with van der Waals surface area (Å²) in [6, 6.07) is 0. The zero-order valence-electron chi connectivity index (χ0n) is 10.9. The Morgan fingerprint density at radius 3 is 1.74 bits per heavy atom. The molecule has 8 nitrogen and oxygen atoms in total. The van der Waals surface area contributed by atoms with E-state index in [0.29, 0.717) is 6.42 Å². The van der Waals surface area contributed by atoms with Crippen molar-refractivity contribution in [1.29, 1.82) is 0 Å². The smallest absolute Gasteiger partial charge is 0.356 e. The van der Waals surface area contributed by atoms with E-state index < -0.39 is 20.4 Å². The Balaban J connectivity index is 4.26. The molecule has 0 atom stereocenters. The van der Waals surface area contributed by atoms with Crippen molar-refractivity contribution in [2.75, 3.05) is 6.54 Å². The summed E-state index contributed by atoms with van der Waals surface area (Å²) in [5.74, 6) is 0. The molecule has 0 fully saturated rings. The maximum absolute atomic E-state index is 11.0. The molecule has 0 radical (unpaired) electrons. The molecule has 0 spiro atoms. The largest absolute Gasteiger partial charge is 0.384 e. The van der Waals surface area contributed by atoms with Gasteiger partial charge in [0.05, 0.1) is 0 Å². The molecule has 19 heavy (non-hydrogen) atoms. The first-order chi connectivity index (χ1) is 8.56. The van der Waals surface area contributed by atoms with Crippen LogP contribution in [-0.2, 0) is 9.13 Å². The normalized spacial score (nSPS) is 13.8. The van der Waals surface area contributed by atoms with Crippen molar-refractivity contribution in [3.8, 4) is 0 Å². The average Bonchev–Trinajstić information content (AvgIpc) is 2.24. The molecule has 0 aromatic heterocycles. The molecule has 116 valence electrons. The Bertz CT molecular complexity index is 328. The second-order valence-corrected chi connectivity index (χ2v) is 8.24. The SMILES string of the molecule is CCCCCCCCNC(O)(P(=O)(O)O)P(=O)(O)O. The van der Waals surface area contributed by atoms with E-state index >= 15 is 0 Å². The Hall–Kier alpha value is 0.220. The van der Waals surface area contributed by atoms with E-state index in [0.717, 1.165) is 32.1 Å². The molecule has 0 saturated carbocycles. The van der Waals surface area contributed by atoms with Crippen LogP contribution in [-0.4, -0.2) is 36.4 Å². The van der Waals surface area contributed by atoms with Crippen molar-refractivity contribution in [1.82, 2.24) is 5.32 Å². The van der Waals surface area contributed by atoms with Crippen molar-refractivity contribution in [3.63, 3.8) is 0 Å². The van der Waals surface area contributed by atoms with Crippen LogP contribution in [0.3, 0.4) is 0 Å². The summed E-state index contributed by atoms with van der Waals surface area (Å²) < 4.78 is 22.0. The van der Waals surface area contributed by atoms with E-state index in [-0.39, 0.29) is 6.54 Å². The Morgan fingerprint density at radius 2 is 1.32 bits per heavy atom. The molecule has 0 aliphatic carbocycles. The minimum absolute atomic E-state index is 0.0845. The van der Waals surface area contributed by atoms with Gasteiger partial charge in [-0.15, -0.1) is 0 Å². The van der Waals surface area contributed by atoms with Crippen LogP contribution < -0.4 is 5.32 Å². The van der Waals surface area contributed by atoms with Gasteiger partial charge >= 0.3 is 20.4 Å². The first kappa shape index (κ1) is 19.2. The third-order valence-electron chi connectivity index (χ3n) is 2.70. The van der Waals surface area contributed by atoms with Crippen LogP contribution in [0.15, 0.2) is 0 Å².